The molecule has 146 valence electrons. The van der Waals surface area contributed by atoms with Crippen LogP contribution in [0.5, 0.6) is 0 Å². The van der Waals surface area contributed by atoms with Gasteiger partial charge in [-0.3, -0.25) is 4.79 Å². The van der Waals surface area contributed by atoms with Crippen molar-refractivity contribution in [2.75, 3.05) is 24.7 Å². The van der Waals surface area contributed by atoms with Gasteiger partial charge < -0.3 is 19.5 Å². The highest BCUT2D eigenvalue weighted by molar-refractivity contribution is 8.15. The molecular formula is C16H16FN2O6S2-. The van der Waals surface area contributed by atoms with Crippen LogP contribution in [0.25, 0.3) is 0 Å². The third-order valence-electron chi connectivity index (χ3n) is 4.11. The molecule has 2 saturated heterocycles. The Hall–Kier alpha value is -1.98. The van der Waals surface area contributed by atoms with Gasteiger partial charge in [-0.05, 0) is 17.7 Å². The molecule has 1 aromatic rings. The molecule has 8 nitrogen and oxygen atoms in total. The Balaban J connectivity index is 1.77. The minimum absolute atomic E-state index is 0.00333. The van der Waals surface area contributed by atoms with Crippen LogP contribution in [0.15, 0.2) is 29.3 Å². The number of sulfone groups is 1. The molecule has 2 aliphatic rings. The van der Waals surface area contributed by atoms with Gasteiger partial charge in [0.25, 0.3) is 5.91 Å². The quantitative estimate of drug-likeness (QED) is 0.592. The Morgan fingerprint density at radius 1 is 1.26 bits per heavy atom. The number of hydrogen-bond acceptors (Lipinski definition) is 7. The van der Waals surface area contributed by atoms with Crippen LogP contribution in [0.4, 0.5) is 4.39 Å². The van der Waals surface area contributed by atoms with Crippen LogP contribution in [-0.2, 0) is 30.7 Å². The number of fused-ring (bicyclic) bond motifs is 1. The Bertz CT molecular complexity index is 871. The fourth-order valence-corrected chi connectivity index (χ4v) is 6.94. The third-order valence-corrected chi connectivity index (χ3v) is 7.35. The number of halogens is 1. The first-order valence-corrected chi connectivity index (χ1v) is 10.7. The second-order valence-corrected chi connectivity index (χ2v) is 9.57. The number of thioether (sulfide) groups is 1. The molecule has 27 heavy (non-hydrogen) atoms. The number of aliphatic imine (C=N–C) groups is 1. The fourth-order valence-electron chi connectivity index (χ4n) is 2.97. The van der Waals surface area contributed by atoms with Gasteiger partial charge in [0.15, 0.2) is 15.0 Å². The van der Waals surface area contributed by atoms with Gasteiger partial charge in [0, 0.05) is 11.8 Å². The van der Waals surface area contributed by atoms with Crippen LogP contribution >= 0.6 is 11.8 Å². The van der Waals surface area contributed by atoms with E-state index in [1.54, 1.807) is 17.0 Å². The van der Waals surface area contributed by atoms with E-state index in [1.165, 1.54) is 23.9 Å². The summed E-state index contributed by atoms with van der Waals surface area (Å²) < 4.78 is 41.7. The predicted molar refractivity (Wildman–Crippen MR) is 94.0 cm³/mol. The molecule has 1 amide bonds. The van der Waals surface area contributed by atoms with Gasteiger partial charge in [-0.15, -0.1) is 0 Å². The Labute approximate surface area is 159 Å². The van der Waals surface area contributed by atoms with Gasteiger partial charge in [-0.2, -0.15) is 4.99 Å². The number of carboxylic acids is 1. The maximum Gasteiger partial charge on any atom is 0.274 e. The average molecular weight is 415 g/mol. The van der Waals surface area contributed by atoms with E-state index < -0.39 is 34.9 Å². The normalized spacial score (nSPS) is 24.9. The van der Waals surface area contributed by atoms with E-state index in [0.29, 0.717) is 5.17 Å². The van der Waals surface area contributed by atoms with Crippen LogP contribution in [0.1, 0.15) is 5.56 Å². The number of ether oxygens (including phenoxy) is 1. The minimum atomic E-state index is -3.17. The smallest absolute Gasteiger partial charge is 0.274 e. The molecule has 0 bridgehead atoms. The summed E-state index contributed by atoms with van der Waals surface area (Å²) in [5, 5.41) is 10.4. The Morgan fingerprint density at radius 2 is 1.96 bits per heavy atom. The lowest BCUT2D eigenvalue weighted by Gasteiger charge is -2.24. The number of rotatable bonds is 6. The molecule has 0 N–H and O–H groups in total. The number of amides is 1. The van der Waals surface area contributed by atoms with Gasteiger partial charge in [0.05, 0.1) is 30.1 Å². The topological polar surface area (TPSA) is 116 Å². The zero-order chi connectivity index (χ0) is 19.6. The number of aliphatic carboxylic acids is 1. The number of carbonyl (C=O) groups excluding carboxylic acids is 2. The SMILES string of the molecule is O=C([O-])COCC(=O)N=C1S[C@H]2CS(=O)(=O)C[C@H]2N1Cc1ccc(F)cc1. The largest absolute Gasteiger partial charge is 0.548 e. The Kier molecular flexibility index (Phi) is 5.82. The summed E-state index contributed by atoms with van der Waals surface area (Å²) in [7, 11) is -3.17. The van der Waals surface area contributed by atoms with Crippen LogP contribution < -0.4 is 5.11 Å². The molecule has 2 fully saturated rings. The van der Waals surface area contributed by atoms with Crippen molar-refractivity contribution in [2.45, 2.75) is 17.8 Å². The maximum atomic E-state index is 13.1. The van der Waals surface area contributed by atoms with Crippen molar-refractivity contribution in [1.82, 2.24) is 4.90 Å². The number of nitrogens with zero attached hydrogens (tertiary/aromatic N) is 2. The molecule has 0 aliphatic carbocycles. The van der Waals surface area contributed by atoms with Crippen LogP contribution in [-0.4, -0.2) is 66.4 Å². The van der Waals surface area contributed by atoms with Gasteiger partial charge >= 0.3 is 0 Å². The maximum absolute atomic E-state index is 13.1. The molecular weight excluding hydrogens is 399 g/mol. The summed E-state index contributed by atoms with van der Waals surface area (Å²) in [5.41, 5.74) is 0.746. The number of amidine groups is 1. The zero-order valence-electron chi connectivity index (χ0n) is 14.0. The van der Waals surface area contributed by atoms with Crippen molar-refractivity contribution in [2.24, 2.45) is 4.99 Å². The lowest BCUT2D eigenvalue weighted by atomic mass is 10.1. The number of hydrogen-bond donors (Lipinski definition) is 0. The summed E-state index contributed by atoms with van der Waals surface area (Å²) in [4.78, 5) is 27.9. The molecule has 3 rings (SSSR count). The van der Waals surface area contributed by atoms with E-state index in [4.69, 9.17) is 0 Å². The van der Waals surface area contributed by atoms with Gasteiger partial charge in [-0.25, -0.2) is 12.8 Å². The average Bonchev–Trinajstić information content (AvgIpc) is 3.02. The monoisotopic (exact) mass is 415 g/mol. The van der Waals surface area contributed by atoms with E-state index in [0.717, 1.165) is 5.56 Å². The van der Waals surface area contributed by atoms with Crippen LogP contribution in [0.3, 0.4) is 0 Å². The second kappa shape index (κ2) is 7.95. The van der Waals surface area contributed by atoms with Crippen molar-refractivity contribution in [3.8, 4) is 0 Å². The lowest BCUT2D eigenvalue weighted by molar-refractivity contribution is -0.309. The highest BCUT2D eigenvalue weighted by Crippen LogP contribution is 2.39. The van der Waals surface area contributed by atoms with Gasteiger partial charge in [0.2, 0.25) is 0 Å². The molecule has 0 radical (unpaired) electrons. The minimum Gasteiger partial charge on any atom is -0.548 e. The summed E-state index contributed by atoms with van der Waals surface area (Å²) in [6.45, 7) is -0.960. The molecule has 11 heteroatoms. The first kappa shape index (κ1) is 19.8. The number of carbonyl (C=O) groups is 2. The van der Waals surface area contributed by atoms with Crippen LogP contribution in [0, 0.1) is 5.82 Å². The molecule has 2 heterocycles. The van der Waals surface area contributed by atoms with E-state index in [2.05, 4.69) is 9.73 Å². The molecule has 2 atom stereocenters. The van der Waals surface area contributed by atoms with Crippen molar-refractivity contribution < 1.29 is 32.2 Å². The number of carboxylic acid groups (broad SMARTS) is 1. The highest BCUT2D eigenvalue weighted by atomic mass is 32.2. The first-order valence-electron chi connectivity index (χ1n) is 8.01. The Morgan fingerprint density at radius 3 is 2.63 bits per heavy atom. The molecule has 2 aliphatic heterocycles. The fraction of sp³-hybridized carbons (Fsp3) is 0.438. The van der Waals surface area contributed by atoms with Crippen molar-refractivity contribution in [3.63, 3.8) is 0 Å². The molecule has 1 aromatic carbocycles. The third kappa shape index (κ3) is 5.05. The van der Waals surface area contributed by atoms with Crippen molar-refractivity contribution in [1.29, 1.82) is 0 Å². The lowest BCUT2D eigenvalue weighted by Crippen LogP contribution is -2.37. The van der Waals surface area contributed by atoms with E-state index in [-0.39, 0.29) is 35.2 Å². The van der Waals surface area contributed by atoms with Crippen LogP contribution in [0.2, 0.25) is 0 Å². The summed E-state index contributed by atoms with van der Waals surface area (Å²) >= 11 is 1.20. The number of benzene rings is 1. The molecule has 0 spiro atoms. The molecule has 0 saturated carbocycles. The highest BCUT2D eigenvalue weighted by Gasteiger charge is 2.48. The van der Waals surface area contributed by atoms with E-state index >= 15 is 0 Å². The van der Waals surface area contributed by atoms with Crippen molar-refractivity contribution >= 4 is 38.6 Å². The molecule has 0 aromatic heterocycles. The summed E-state index contributed by atoms with van der Waals surface area (Å²) in [6, 6.07) is 5.44. The van der Waals surface area contributed by atoms with E-state index in [9.17, 15) is 27.5 Å². The first-order chi connectivity index (χ1) is 12.7. The summed E-state index contributed by atoms with van der Waals surface area (Å²) in [6.07, 6.45) is 0. The van der Waals surface area contributed by atoms with Gasteiger partial charge in [0.1, 0.15) is 12.4 Å². The van der Waals surface area contributed by atoms with Crippen molar-refractivity contribution in [3.05, 3.63) is 35.6 Å². The summed E-state index contributed by atoms with van der Waals surface area (Å²) in [5.74, 6) is -2.55. The van der Waals surface area contributed by atoms with E-state index in [1.807, 2.05) is 0 Å². The predicted octanol–water partition coefficient (Wildman–Crippen LogP) is -0.811. The standard InChI is InChI=1S/C16H17FN2O6S2/c17-11-3-1-10(2-4-11)5-19-12-8-27(23,24)9-13(12)26-16(19)18-14(20)6-25-7-15(21)22/h1-4,12-13H,5-9H2,(H,21,22)/p-1/t12-,13+/m1/s1. The zero-order valence-corrected chi connectivity index (χ0v) is 15.7. The second-order valence-electron chi connectivity index (χ2n) is 6.21. The van der Waals surface area contributed by atoms with Gasteiger partial charge in [-0.1, -0.05) is 23.9 Å². The molecule has 0 unspecified atom stereocenters.